The number of rotatable bonds is 6. The molecule has 0 N–H and O–H groups in total. The van der Waals surface area contributed by atoms with Crippen molar-refractivity contribution in [3.63, 3.8) is 0 Å². The highest BCUT2D eigenvalue weighted by molar-refractivity contribution is 7.09. The molecular formula is C13H14N2O4S. The fourth-order valence-corrected chi connectivity index (χ4v) is 2.35. The van der Waals surface area contributed by atoms with Crippen molar-refractivity contribution in [2.45, 2.75) is 20.0 Å². The number of nitro groups is 1. The van der Waals surface area contributed by atoms with Crippen LogP contribution >= 0.6 is 11.3 Å². The molecule has 0 saturated carbocycles. The Balaban J connectivity index is 2.14. The lowest BCUT2D eigenvalue weighted by atomic mass is 10.3. The molecule has 0 radical (unpaired) electrons. The van der Waals surface area contributed by atoms with Gasteiger partial charge in [0.15, 0.2) is 11.5 Å². The van der Waals surface area contributed by atoms with Crippen molar-refractivity contribution in [1.82, 2.24) is 4.98 Å². The summed E-state index contributed by atoms with van der Waals surface area (Å²) in [7, 11) is 1.49. The van der Waals surface area contributed by atoms with Gasteiger partial charge in [-0.3, -0.25) is 10.1 Å². The molecule has 0 spiro atoms. The lowest BCUT2D eigenvalue weighted by Crippen LogP contribution is -1.99. The Hall–Kier alpha value is -2.15. The van der Waals surface area contributed by atoms with E-state index in [1.165, 1.54) is 25.3 Å². The Labute approximate surface area is 120 Å². The first-order chi connectivity index (χ1) is 9.63. The van der Waals surface area contributed by atoms with E-state index in [9.17, 15) is 10.1 Å². The summed E-state index contributed by atoms with van der Waals surface area (Å²) in [5.41, 5.74) is 0.772. The molecule has 0 bridgehead atoms. The molecule has 106 valence electrons. The van der Waals surface area contributed by atoms with Crippen LogP contribution in [0.2, 0.25) is 0 Å². The number of benzene rings is 1. The zero-order chi connectivity index (χ0) is 14.5. The molecule has 0 saturated heterocycles. The van der Waals surface area contributed by atoms with Gasteiger partial charge in [0.25, 0.3) is 5.69 Å². The summed E-state index contributed by atoms with van der Waals surface area (Å²) in [5.74, 6) is 0.800. The second-order valence-corrected chi connectivity index (χ2v) is 4.91. The van der Waals surface area contributed by atoms with Crippen LogP contribution in [0.4, 0.5) is 5.69 Å². The van der Waals surface area contributed by atoms with Crippen molar-refractivity contribution < 1.29 is 14.4 Å². The van der Waals surface area contributed by atoms with Crippen LogP contribution in [0.25, 0.3) is 0 Å². The van der Waals surface area contributed by atoms with Gasteiger partial charge in [-0.25, -0.2) is 4.98 Å². The van der Waals surface area contributed by atoms with Crippen LogP contribution in [0.5, 0.6) is 11.5 Å². The predicted octanol–water partition coefficient (Wildman–Crippen LogP) is 3.20. The summed E-state index contributed by atoms with van der Waals surface area (Å²) >= 11 is 1.57. The molecule has 0 aliphatic heterocycles. The van der Waals surface area contributed by atoms with Gasteiger partial charge in [-0.1, -0.05) is 6.92 Å². The van der Waals surface area contributed by atoms with Gasteiger partial charge in [-0.15, -0.1) is 11.3 Å². The summed E-state index contributed by atoms with van der Waals surface area (Å²) in [6.45, 7) is 2.29. The first-order valence-electron chi connectivity index (χ1n) is 6.02. The van der Waals surface area contributed by atoms with E-state index in [-0.39, 0.29) is 12.3 Å². The van der Waals surface area contributed by atoms with Crippen LogP contribution in [-0.4, -0.2) is 17.0 Å². The van der Waals surface area contributed by atoms with E-state index in [0.29, 0.717) is 11.5 Å². The Bertz CT molecular complexity index is 612. The van der Waals surface area contributed by atoms with Gasteiger partial charge in [0.05, 0.1) is 28.8 Å². The molecule has 7 heteroatoms. The van der Waals surface area contributed by atoms with E-state index in [1.807, 2.05) is 12.3 Å². The van der Waals surface area contributed by atoms with Crippen LogP contribution in [0.3, 0.4) is 0 Å². The first-order valence-corrected chi connectivity index (χ1v) is 6.90. The van der Waals surface area contributed by atoms with Crippen molar-refractivity contribution in [1.29, 1.82) is 0 Å². The number of aromatic nitrogens is 1. The molecule has 1 aromatic carbocycles. The number of ether oxygens (including phenoxy) is 2. The number of non-ortho nitro benzene ring substituents is 1. The molecule has 0 fully saturated rings. The summed E-state index contributed by atoms with van der Waals surface area (Å²) in [6, 6.07) is 4.25. The van der Waals surface area contributed by atoms with E-state index in [4.69, 9.17) is 9.47 Å². The highest BCUT2D eigenvalue weighted by Gasteiger charge is 2.13. The molecule has 1 aromatic heterocycles. The largest absolute Gasteiger partial charge is 0.493 e. The third-order valence-corrected chi connectivity index (χ3v) is 3.68. The number of thiazole rings is 1. The van der Waals surface area contributed by atoms with Gasteiger partial charge in [0.1, 0.15) is 6.61 Å². The van der Waals surface area contributed by atoms with Crippen molar-refractivity contribution in [3.05, 3.63) is 44.4 Å². The van der Waals surface area contributed by atoms with Crippen LogP contribution in [0.15, 0.2) is 23.6 Å². The zero-order valence-electron chi connectivity index (χ0n) is 11.2. The Morgan fingerprint density at radius 3 is 2.80 bits per heavy atom. The van der Waals surface area contributed by atoms with Gasteiger partial charge in [-0.05, 0) is 12.5 Å². The number of methoxy groups -OCH3 is 1. The van der Waals surface area contributed by atoms with Crippen LogP contribution in [0.1, 0.15) is 17.6 Å². The fraction of sp³-hybridized carbons (Fsp3) is 0.308. The maximum Gasteiger partial charge on any atom is 0.273 e. The minimum atomic E-state index is -0.468. The van der Waals surface area contributed by atoms with Gasteiger partial charge in [-0.2, -0.15) is 0 Å². The van der Waals surface area contributed by atoms with Crippen molar-refractivity contribution in [2.75, 3.05) is 7.11 Å². The maximum absolute atomic E-state index is 10.8. The van der Waals surface area contributed by atoms with Crippen LogP contribution < -0.4 is 9.47 Å². The van der Waals surface area contributed by atoms with Gasteiger partial charge in [0.2, 0.25) is 0 Å². The lowest BCUT2D eigenvalue weighted by Gasteiger charge is -2.09. The van der Waals surface area contributed by atoms with Gasteiger partial charge >= 0.3 is 0 Å². The summed E-state index contributed by atoms with van der Waals surface area (Å²) in [6.07, 6.45) is 0.880. The smallest absolute Gasteiger partial charge is 0.273 e. The molecule has 2 aromatic rings. The average Bonchev–Trinajstić information content (AvgIpc) is 2.92. The molecule has 0 aliphatic carbocycles. The standard InChI is InChI=1S/C13H14N2O4S/c1-3-13-14-9(8-20-13)7-19-12-6-10(15(16)17)4-5-11(12)18-2/h4-6,8H,3,7H2,1-2H3. The Kier molecular flexibility index (Phi) is 4.52. The SMILES string of the molecule is CCc1nc(COc2cc([N+](=O)[O-])ccc2OC)cs1. The number of nitro benzene ring substituents is 1. The molecule has 20 heavy (non-hydrogen) atoms. The van der Waals surface area contributed by atoms with Crippen LogP contribution in [-0.2, 0) is 13.0 Å². The highest BCUT2D eigenvalue weighted by atomic mass is 32.1. The van der Waals surface area contributed by atoms with Gasteiger partial charge < -0.3 is 9.47 Å². The minimum absolute atomic E-state index is 0.0340. The molecule has 2 rings (SSSR count). The average molecular weight is 294 g/mol. The maximum atomic E-state index is 10.8. The zero-order valence-corrected chi connectivity index (χ0v) is 12.0. The van der Waals surface area contributed by atoms with E-state index in [0.717, 1.165) is 17.1 Å². The van der Waals surface area contributed by atoms with Crippen molar-refractivity contribution in [2.24, 2.45) is 0 Å². The molecule has 0 atom stereocenters. The quantitative estimate of drug-likeness (QED) is 0.604. The predicted molar refractivity (Wildman–Crippen MR) is 75.5 cm³/mol. The van der Waals surface area contributed by atoms with E-state index < -0.39 is 4.92 Å². The van der Waals surface area contributed by atoms with Crippen LogP contribution in [0, 0.1) is 10.1 Å². The van der Waals surface area contributed by atoms with Crippen molar-refractivity contribution in [3.8, 4) is 11.5 Å². The molecule has 0 unspecified atom stereocenters. The topological polar surface area (TPSA) is 74.5 Å². The summed E-state index contributed by atoms with van der Waals surface area (Å²) < 4.78 is 10.7. The van der Waals surface area contributed by atoms with Crippen molar-refractivity contribution >= 4 is 17.0 Å². The Morgan fingerprint density at radius 2 is 2.20 bits per heavy atom. The third-order valence-electron chi connectivity index (χ3n) is 2.64. The number of hydrogen-bond donors (Lipinski definition) is 0. The molecular weight excluding hydrogens is 280 g/mol. The lowest BCUT2D eigenvalue weighted by molar-refractivity contribution is -0.385. The minimum Gasteiger partial charge on any atom is -0.493 e. The molecule has 0 aliphatic rings. The second kappa shape index (κ2) is 6.33. The normalized spacial score (nSPS) is 10.3. The monoisotopic (exact) mass is 294 g/mol. The highest BCUT2D eigenvalue weighted by Crippen LogP contribution is 2.31. The number of nitrogens with zero attached hydrogens (tertiary/aromatic N) is 2. The second-order valence-electron chi connectivity index (χ2n) is 3.97. The summed E-state index contributed by atoms with van der Waals surface area (Å²) in [5, 5.41) is 13.7. The number of hydrogen-bond acceptors (Lipinski definition) is 6. The molecule has 6 nitrogen and oxygen atoms in total. The fourth-order valence-electron chi connectivity index (χ4n) is 1.62. The van der Waals surface area contributed by atoms with E-state index >= 15 is 0 Å². The van der Waals surface area contributed by atoms with Gasteiger partial charge in [0, 0.05) is 11.4 Å². The number of aryl methyl sites for hydroxylation is 1. The third kappa shape index (κ3) is 3.24. The van der Waals surface area contributed by atoms with E-state index in [2.05, 4.69) is 4.98 Å². The molecule has 1 heterocycles. The summed E-state index contributed by atoms with van der Waals surface area (Å²) in [4.78, 5) is 14.7. The Morgan fingerprint density at radius 1 is 1.40 bits per heavy atom. The molecule has 0 amide bonds. The van der Waals surface area contributed by atoms with E-state index in [1.54, 1.807) is 11.3 Å². The first kappa shape index (κ1) is 14.3.